The van der Waals surface area contributed by atoms with E-state index in [2.05, 4.69) is 5.32 Å². The second-order valence-electron chi connectivity index (χ2n) is 4.67. The Balaban J connectivity index is 1.65. The maximum atomic E-state index is 10.5. The molecule has 1 aliphatic carbocycles. The SMILES string of the molecule is O=[N+]([O-])c1cc(CNCCC2CCCC2)cs1. The average molecular weight is 254 g/mol. The fraction of sp³-hybridized carbons (Fsp3) is 0.667. The molecule has 2 rings (SSSR count). The summed E-state index contributed by atoms with van der Waals surface area (Å²) in [5, 5.41) is 16.0. The quantitative estimate of drug-likeness (QED) is 0.481. The van der Waals surface area contributed by atoms with Gasteiger partial charge < -0.3 is 5.32 Å². The first-order valence-corrected chi connectivity index (χ1v) is 7.06. The molecular formula is C12H18N2O2S. The number of hydrogen-bond donors (Lipinski definition) is 1. The molecule has 1 saturated carbocycles. The van der Waals surface area contributed by atoms with Crippen molar-refractivity contribution in [2.45, 2.75) is 38.6 Å². The van der Waals surface area contributed by atoms with Crippen molar-refractivity contribution in [3.8, 4) is 0 Å². The molecule has 0 aliphatic heterocycles. The second kappa shape index (κ2) is 6.12. The number of hydrogen-bond acceptors (Lipinski definition) is 4. The Hall–Kier alpha value is -0.940. The van der Waals surface area contributed by atoms with Crippen LogP contribution in [0.1, 0.15) is 37.7 Å². The topological polar surface area (TPSA) is 55.2 Å². The summed E-state index contributed by atoms with van der Waals surface area (Å²) in [6.07, 6.45) is 6.78. The monoisotopic (exact) mass is 254 g/mol. The zero-order valence-corrected chi connectivity index (χ0v) is 10.7. The van der Waals surface area contributed by atoms with Gasteiger partial charge in [-0.2, -0.15) is 0 Å². The summed E-state index contributed by atoms with van der Waals surface area (Å²) in [5.41, 5.74) is 1.02. The molecule has 4 nitrogen and oxygen atoms in total. The Bertz CT molecular complexity index is 372. The van der Waals surface area contributed by atoms with Crippen LogP contribution < -0.4 is 5.32 Å². The maximum Gasteiger partial charge on any atom is 0.324 e. The van der Waals surface area contributed by atoms with E-state index < -0.39 is 0 Å². The third kappa shape index (κ3) is 3.78. The first-order chi connectivity index (χ1) is 8.25. The third-order valence-electron chi connectivity index (χ3n) is 3.35. The van der Waals surface area contributed by atoms with Crippen LogP contribution in [0, 0.1) is 16.0 Å². The average Bonchev–Trinajstić information content (AvgIpc) is 2.96. The highest BCUT2D eigenvalue weighted by molar-refractivity contribution is 7.13. The molecule has 0 radical (unpaired) electrons. The lowest BCUT2D eigenvalue weighted by Crippen LogP contribution is -2.16. The molecule has 94 valence electrons. The third-order valence-corrected chi connectivity index (χ3v) is 4.28. The molecule has 0 unspecified atom stereocenters. The van der Waals surface area contributed by atoms with Crippen LogP contribution in [-0.2, 0) is 6.54 Å². The van der Waals surface area contributed by atoms with E-state index in [1.165, 1.54) is 43.4 Å². The summed E-state index contributed by atoms with van der Waals surface area (Å²) in [6, 6.07) is 1.66. The smallest absolute Gasteiger partial charge is 0.313 e. The largest absolute Gasteiger partial charge is 0.324 e. The van der Waals surface area contributed by atoms with Gasteiger partial charge in [0.05, 0.1) is 4.92 Å². The summed E-state index contributed by atoms with van der Waals surface area (Å²) in [4.78, 5) is 10.2. The van der Waals surface area contributed by atoms with Crippen molar-refractivity contribution in [2.75, 3.05) is 6.54 Å². The van der Waals surface area contributed by atoms with E-state index in [4.69, 9.17) is 0 Å². The maximum absolute atomic E-state index is 10.5. The molecule has 1 fully saturated rings. The van der Waals surface area contributed by atoms with E-state index in [9.17, 15) is 10.1 Å². The van der Waals surface area contributed by atoms with Crippen molar-refractivity contribution in [3.63, 3.8) is 0 Å². The lowest BCUT2D eigenvalue weighted by atomic mass is 10.0. The van der Waals surface area contributed by atoms with Crippen LogP contribution in [0.25, 0.3) is 0 Å². The van der Waals surface area contributed by atoms with E-state index in [0.29, 0.717) is 0 Å². The van der Waals surface area contributed by atoms with Gasteiger partial charge in [-0.05, 0) is 24.4 Å². The molecule has 1 aromatic rings. The number of thiophene rings is 1. The molecule has 5 heteroatoms. The minimum atomic E-state index is -0.327. The van der Waals surface area contributed by atoms with Crippen LogP contribution in [0.2, 0.25) is 0 Å². The molecular weight excluding hydrogens is 236 g/mol. The van der Waals surface area contributed by atoms with Gasteiger partial charge in [0.2, 0.25) is 0 Å². The molecule has 1 aromatic heterocycles. The van der Waals surface area contributed by atoms with Gasteiger partial charge in [-0.25, -0.2) is 0 Å². The van der Waals surface area contributed by atoms with Gasteiger partial charge in [-0.1, -0.05) is 37.0 Å². The highest BCUT2D eigenvalue weighted by Gasteiger charge is 2.14. The van der Waals surface area contributed by atoms with Crippen molar-refractivity contribution in [2.24, 2.45) is 5.92 Å². The molecule has 0 aromatic carbocycles. The van der Waals surface area contributed by atoms with Gasteiger partial charge in [0.25, 0.3) is 0 Å². The zero-order chi connectivity index (χ0) is 12.1. The predicted molar refractivity (Wildman–Crippen MR) is 69.3 cm³/mol. The first-order valence-electron chi connectivity index (χ1n) is 6.18. The summed E-state index contributed by atoms with van der Waals surface area (Å²) in [5.74, 6) is 0.902. The Morgan fingerprint density at radius 1 is 1.47 bits per heavy atom. The highest BCUT2D eigenvalue weighted by Crippen LogP contribution is 2.27. The van der Waals surface area contributed by atoms with Crippen LogP contribution in [0.5, 0.6) is 0 Å². The zero-order valence-electron chi connectivity index (χ0n) is 9.85. The standard InChI is InChI=1S/C12H18N2O2S/c15-14(16)12-7-11(9-17-12)8-13-6-5-10-3-1-2-4-10/h7,9-10,13H,1-6,8H2. The number of nitrogens with one attached hydrogen (secondary N) is 1. The van der Waals surface area contributed by atoms with Gasteiger partial charge in [0.15, 0.2) is 0 Å². The van der Waals surface area contributed by atoms with Crippen LogP contribution in [0.4, 0.5) is 5.00 Å². The van der Waals surface area contributed by atoms with Crippen molar-refractivity contribution in [1.82, 2.24) is 5.32 Å². The highest BCUT2D eigenvalue weighted by atomic mass is 32.1. The van der Waals surface area contributed by atoms with Crippen molar-refractivity contribution in [3.05, 3.63) is 27.1 Å². The molecule has 0 spiro atoms. The van der Waals surface area contributed by atoms with Gasteiger partial charge in [0.1, 0.15) is 0 Å². The molecule has 1 aliphatic rings. The summed E-state index contributed by atoms with van der Waals surface area (Å²) >= 11 is 1.20. The minimum absolute atomic E-state index is 0.234. The van der Waals surface area contributed by atoms with Crippen molar-refractivity contribution >= 4 is 16.3 Å². The number of rotatable bonds is 6. The van der Waals surface area contributed by atoms with Crippen LogP contribution in [0.3, 0.4) is 0 Å². The van der Waals surface area contributed by atoms with E-state index in [-0.39, 0.29) is 9.92 Å². The lowest BCUT2D eigenvalue weighted by Gasteiger charge is -2.08. The predicted octanol–water partition coefficient (Wildman–Crippen LogP) is 3.33. The fourth-order valence-electron chi connectivity index (χ4n) is 2.39. The van der Waals surface area contributed by atoms with Gasteiger partial charge in [-0.3, -0.25) is 10.1 Å². The fourth-order valence-corrected chi connectivity index (χ4v) is 3.12. The Morgan fingerprint density at radius 2 is 2.24 bits per heavy atom. The molecule has 1 N–H and O–H groups in total. The first kappa shape index (κ1) is 12.5. The Labute approximate surface area is 105 Å². The van der Waals surface area contributed by atoms with Crippen molar-refractivity contribution < 1.29 is 4.92 Å². The normalized spacial score (nSPS) is 16.5. The Morgan fingerprint density at radius 3 is 2.88 bits per heavy atom. The van der Waals surface area contributed by atoms with E-state index in [0.717, 1.165) is 24.6 Å². The molecule has 0 bridgehead atoms. The van der Waals surface area contributed by atoms with Gasteiger partial charge in [0, 0.05) is 18.0 Å². The number of nitro groups is 1. The van der Waals surface area contributed by atoms with Crippen molar-refractivity contribution in [1.29, 1.82) is 0 Å². The van der Waals surface area contributed by atoms with Crippen LogP contribution in [-0.4, -0.2) is 11.5 Å². The van der Waals surface area contributed by atoms with Gasteiger partial charge >= 0.3 is 5.00 Å². The number of nitrogens with zero attached hydrogens (tertiary/aromatic N) is 1. The molecule has 17 heavy (non-hydrogen) atoms. The second-order valence-corrected chi connectivity index (χ2v) is 5.56. The summed E-state index contributed by atoms with van der Waals surface area (Å²) in [6.45, 7) is 1.77. The van der Waals surface area contributed by atoms with Gasteiger partial charge in [-0.15, -0.1) is 0 Å². The van der Waals surface area contributed by atoms with E-state index in [1.807, 2.05) is 5.38 Å². The Kier molecular flexibility index (Phi) is 4.50. The minimum Gasteiger partial charge on any atom is -0.313 e. The molecule has 0 amide bonds. The van der Waals surface area contributed by atoms with E-state index in [1.54, 1.807) is 6.07 Å². The van der Waals surface area contributed by atoms with Crippen LogP contribution >= 0.6 is 11.3 Å². The summed E-state index contributed by atoms with van der Waals surface area (Å²) in [7, 11) is 0. The molecule has 1 heterocycles. The molecule has 0 saturated heterocycles. The van der Waals surface area contributed by atoms with E-state index >= 15 is 0 Å². The molecule has 0 atom stereocenters. The lowest BCUT2D eigenvalue weighted by molar-refractivity contribution is -0.380. The summed E-state index contributed by atoms with van der Waals surface area (Å²) < 4.78 is 0. The van der Waals surface area contributed by atoms with Crippen LogP contribution in [0.15, 0.2) is 11.4 Å².